The van der Waals surface area contributed by atoms with Crippen molar-refractivity contribution in [1.82, 2.24) is 14.4 Å². The number of fused-ring (bicyclic) bond motifs is 5. The molecule has 0 atom stereocenters. The summed E-state index contributed by atoms with van der Waals surface area (Å²) < 4.78 is 2.45. The molecule has 0 spiro atoms. The van der Waals surface area contributed by atoms with Gasteiger partial charge in [-0.2, -0.15) is 0 Å². The van der Waals surface area contributed by atoms with Gasteiger partial charge in [0, 0.05) is 66.7 Å². The maximum atomic E-state index is 2.45. The second kappa shape index (κ2) is 7.83. The van der Waals surface area contributed by atoms with Gasteiger partial charge < -0.3 is 29.1 Å². The Morgan fingerprint density at radius 3 is 1.97 bits per heavy atom. The number of benzene rings is 4. The highest BCUT2D eigenvalue weighted by Gasteiger charge is 2.29. The van der Waals surface area contributed by atoms with E-state index in [-0.39, 0.29) is 0 Å². The SMILES string of the molecule is CN1C=CN(c2cccc(N3c4cc(N5C=CN(C)C5)ccc4-n4c5ccccc5c5cccc3c54)c2)C1. The summed E-state index contributed by atoms with van der Waals surface area (Å²) in [7, 11) is 4.21. The molecule has 186 valence electrons. The first-order valence-corrected chi connectivity index (χ1v) is 13.0. The first-order chi connectivity index (χ1) is 18.7. The minimum atomic E-state index is 0.844. The predicted molar refractivity (Wildman–Crippen MR) is 158 cm³/mol. The van der Waals surface area contributed by atoms with E-state index in [4.69, 9.17) is 0 Å². The number of hydrogen-bond acceptors (Lipinski definition) is 5. The Bertz CT molecular complexity index is 1800. The summed E-state index contributed by atoms with van der Waals surface area (Å²) in [5, 5.41) is 2.56. The lowest BCUT2D eigenvalue weighted by molar-refractivity contribution is 0.495. The highest BCUT2D eigenvalue weighted by molar-refractivity contribution is 6.16. The second-order valence-electron chi connectivity index (χ2n) is 10.4. The largest absolute Gasteiger partial charge is 0.361 e. The molecule has 0 unspecified atom stereocenters. The van der Waals surface area contributed by atoms with E-state index >= 15 is 0 Å². The van der Waals surface area contributed by atoms with Crippen molar-refractivity contribution in [3.05, 3.63) is 110 Å². The van der Waals surface area contributed by atoms with Crippen LogP contribution in [-0.2, 0) is 0 Å². The van der Waals surface area contributed by atoms with Crippen LogP contribution in [0.3, 0.4) is 0 Å². The van der Waals surface area contributed by atoms with Crippen molar-refractivity contribution in [2.24, 2.45) is 0 Å². The number of nitrogens with zero attached hydrogens (tertiary/aromatic N) is 6. The molecule has 0 radical (unpaired) electrons. The summed E-state index contributed by atoms with van der Waals surface area (Å²) in [6.45, 7) is 1.69. The van der Waals surface area contributed by atoms with Crippen molar-refractivity contribution in [2.45, 2.75) is 0 Å². The molecule has 38 heavy (non-hydrogen) atoms. The fraction of sp³-hybridized carbons (Fsp3) is 0.125. The Labute approximate surface area is 222 Å². The second-order valence-corrected chi connectivity index (χ2v) is 10.4. The van der Waals surface area contributed by atoms with Crippen LogP contribution in [0.15, 0.2) is 110 Å². The van der Waals surface area contributed by atoms with Crippen LogP contribution in [0.5, 0.6) is 0 Å². The van der Waals surface area contributed by atoms with Crippen LogP contribution in [0.2, 0.25) is 0 Å². The van der Waals surface area contributed by atoms with E-state index < -0.39 is 0 Å². The monoisotopic (exact) mass is 496 g/mol. The molecule has 0 saturated heterocycles. The average molecular weight is 497 g/mol. The fourth-order valence-corrected chi connectivity index (χ4v) is 6.10. The van der Waals surface area contributed by atoms with E-state index in [1.807, 2.05) is 0 Å². The van der Waals surface area contributed by atoms with Crippen LogP contribution in [0.25, 0.3) is 27.5 Å². The Balaban J connectivity index is 1.39. The summed E-state index contributed by atoms with van der Waals surface area (Å²) >= 11 is 0. The molecule has 6 heteroatoms. The van der Waals surface area contributed by atoms with Crippen molar-refractivity contribution < 1.29 is 0 Å². The third-order valence-electron chi connectivity index (χ3n) is 7.86. The van der Waals surface area contributed by atoms with Gasteiger partial charge in [0.25, 0.3) is 0 Å². The summed E-state index contributed by atoms with van der Waals surface area (Å²) in [5.41, 5.74) is 9.58. The van der Waals surface area contributed by atoms with Crippen molar-refractivity contribution in [3.63, 3.8) is 0 Å². The van der Waals surface area contributed by atoms with Crippen molar-refractivity contribution >= 4 is 50.2 Å². The zero-order valence-electron chi connectivity index (χ0n) is 21.5. The predicted octanol–water partition coefficient (Wildman–Crippen LogP) is 6.93. The Morgan fingerprint density at radius 1 is 0.526 bits per heavy atom. The van der Waals surface area contributed by atoms with Crippen molar-refractivity contribution in [3.8, 4) is 5.69 Å². The zero-order chi connectivity index (χ0) is 25.4. The molecule has 0 saturated carbocycles. The quantitative estimate of drug-likeness (QED) is 0.264. The van der Waals surface area contributed by atoms with E-state index in [1.165, 1.54) is 50.2 Å². The number of para-hydroxylation sites is 2. The lowest BCUT2D eigenvalue weighted by Gasteiger charge is -2.34. The number of anilines is 5. The number of aromatic nitrogens is 1. The normalized spacial score (nSPS) is 16.0. The van der Waals surface area contributed by atoms with Crippen LogP contribution in [0.4, 0.5) is 28.4 Å². The molecular formula is C32H28N6. The summed E-state index contributed by atoms with van der Waals surface area (Å²) in [6, 6.07) is 31.2. The van der Waals surface area contributed by atoms with Gasteiger partial charge in [-0.3, -0.25) is 0 Å². The molecule has 0 bridgehead atoms. The molecule has 0 N–H and O–H groups in total. The highest BCUT2D eigenvalue weighted by atomic mass is 15.3. The van der Waals surface area contributed by atoms with Gasteiger partial charge in [-0.25, -0.2) is 0 Å². The van der Waals surface area contributed by atoms with E-state index in [0.29, 0.717) is 0 Å². The van der Waals surface area contributed by atoms with Gasteiger partial charge in [0.05, 0.1) is 41.4 Å². The molecular weight excluding hydrogens is 468 g/mol. The van der Waals surface area contributed by atoms with E-state index in [0.717, 1.165) is 19.0 Å². The molecule has 0 fully saturated rings. The molecule has 4 aromatic carbocycles. The topological polar surface area (TPSA) is 21.1 Å². The third-order valence-corrected chi connectivity index (χ3v) is 7.86. The molecule has 6 nitrogen and oxygen atoms in total. The average Bonchev–Trinajstić information content (AvgIpc) is 3.67. The maximum Gasteiger partial charge on any atom is 0.0938 e. The smallest absolute Gasteiger partial charge is 0.0938 e. The van der Waals surface area contributed by atoms with Crippen LogP contribution in [-0.4, -0.2) is 41.8 Å². The number of hydrogen-bond donors (Lipinski definition) is 0. The van der Waals surface area contributed by atoms with Crippen molar-refractivity contribution in [2.75, 3.05) is 42.1 Å². The maximum absolute atomic E-state index is 2.45. The van der Waals surface area contributed by atoms with Gasteiger partial charge in [-0.1, -0.05) is 36.4 Å². The van der Waals surface area contributed by atoms with Gasteiger partial charge in [-0.05, 0) is 48.5 Å². The first kappa shape index (κ1) is 21.3. The number of rotatable bonds is 3. The Hall–Kier alpha value is -4.84. The molecule has 0 amide bonds. The van der Waals surface area contributed by atoms with Gasteiger partial charge in [0.15, 0.2) is 0 Å². The highest BCUT2D eigenvalue weighted by Crippen LogP contribution is 2.50. The summed E-state index contributed by atoms with van der Waals surface area (Å²) in [6.07, 6.45) is 8.55. The molecule has 8 rings (SSSR count). The van der Waals surface area contributed by atoms with Crippen LogP contribution >= 0.6 is 0 Å². The fourth-order valence-electron chi connectivity index (χ4n) is 6.10. The van der Waals surface area contributed by atoms with Crippen LogP contribution in [0, 0.1) is 0 Å². The molecule has 3 aliphatic rings. The first-order valence-electron chi connectivity index (χ1n) is 13.0. The lowest BCUT2D eigenvalue weighted by Crippen LogP contribution is -2.23. The van der Waals surface area contributed by atoms with Gasteiger partial charge >= 0.3 is 0 Å². The minimum Gasteiger partial charge on any atom is -0.361 e. The molecule has 3 aliphatic heterocycles. The van der Waals surface area contributed by atoms with Gasteiger partial charge in [0.1, 0.15) is 0 Å². The standard InChI is InChI=1S/C32H28N6/c1-33-15-17-35(21-33)23-7-5-8-25(19-23)37-30-12-6-10-27-26-9-3-4-11-28(26)38(32(27)30)29-14-13-24(20-31(29)37)36-18-16-34(2)22-36/h3-20H,21-22H2,1-2H3. The molecule has 5 aromatic rings. The Morgan fingerprint density at radius 2 is 1.21 bits per heavy atom. The summed E-state index contributed by atoms with van der Waals surface area (Å²) in [5.74, 6) is 0. The molecule has 0 aliphatic carbocycles. The third kappa shape index (κ3) is 3.00. The van der Waals surface area contributed by atoms with E-state index in [2.05, 4.69) is 153 Å². The summed E-state index contributed by atoms with van der Waals surface area (Å²) in [4.78, 5) is 11.4. The molecule has 4 heterocycles. The van der Waals surface area contributed by atoms with E-state index in [9.17, 15) is 0 Å². The van der Waals surface area contributed by atoms with Gasteiger partial charge in [0.2, 0.25) is 0 Å². The zero-order valence-corrected chi connectivity index (χ0v) is 21.5. The molecule has 1 aromatic heterocycles. The van der Waals surface area contributed by atoms with Crippen LogP contribution < -0.4 is 14.7 Å². The van der Waals surface area contributed by atoms with Gasteiger partial charge in [-0.15, -0.1) is 0 Å². The van der Waals surface area contributed by atoms with Crippen molar-refractivity contribution in [1.29, 1.82) is 0 Å². The van der Waals surface area contributed by atoms with E-state index in [1.54, 1.807) is 0 Å². The minimum absolute atomic E-state index is 0.844. The lowest BCUT2D eigenvalue weighted by atomic mass is 10.1. The van der Waals surface area contributed by atoms with Crippen LogP contribution in [0.1, 0.15) is 0 Å². The Kier molecular flexibility index (Phi) is 4.38.